The molecule has 0 saturated carbocycles. The Bertz CT molecular complexity index is 631. The average Bonchev–Trinajstić information content (AvgIpc) is 2.50. The molecule has 0 atom stereocenters. The molecule has 0 spiro atoms. The third-order valence-electron chi connectivity index (χ3n) is 4.39. The maximum absolute atomic E-state index is 12.0. The van der Waals surface area contributed by atoms with E-state index in [2.05, 4.69) is 46.4 Å². The highest BCUT2D eigenvalue weighted by atomic mass is 32.1. The van der Waals surface area contributed by atoms with Gasteiger partial charge in [-0.1, -0.05) is 12.1 Å². The van der Waals surface area contributed by atoms with Crippen LogP contribution in [0.3, 0.4) is 0 Å². The Hall–Kier alpha value is -1.66. The molecule has 0 unspecified atom stereocenters. The molecule has 2 rings (SSSR count). The fourth-order valence-corrected chi connectivity index (χ4v) is 3.14. The van der Waals surface area contributed by atoms with Crippen molar-refractivity contribution in [2.24, 2.45) is 0 Å². The SMILES string of the molecule is Cc1cccc(NC(=S)N2CCN(CC(=O)NC(C)(C)C)CC2)c1C. The lowest BCUT2D eigenvalue weighted by atomic mass is 10.1. The van der Waals surface area contributed by atoms with E-state index in [1.165, 1.54) is 11.1 Å². The second-order valence-corrected chi connectivity index (χ2v) is 8.13. The first-order valence-corrected chi connectivity index (χ1v) is 9.22. The zero-order chi connectivity index (χ0) is 18.6. The zero-order valence-electron chi connectivity index (χ0n) is 16.0. The van der Waals surface area contributed by atoms with E-state index in [0.29, 0.717) is 6.54 Å². The predicted molar refractivity (Wildman–Crippen MR) is 108 cm³/mol. The van der Waals surface area contributed by atoms with Gasteiger partial charge in [-0.05, 0) is 64.0 Å². The van der Waals surface area contributed by atoms with Gasteiger partial charge < -0.3 is 15.5 Å². The minimum absolute atomic E-state index is 0.0806. The molecule has 0 aliphatic carbocycles. The van der Waals surface area contributed by atoms with Gasteiger partial charge >= 0.3 is 0 Å². The summed E-state index contributed by atoms with van der Waals surface area (Å²) in [4.78, 5) is 16.4. The molecule has 1 fully saturated rings. The third-order valence-corrected chi connectivity index (χ3v) is 4.75. The summed E-state index contributed by atoms with van der Waals surface area (Å²) in [7, 11) is 0. The van der Waals surface area contributed by atoms with Crippen molar-refractivity contribution in [3.63, 3.8) is 0 Å². The van der Waals surface area contributed by atoms with Crippen LogP contribution in [0, 0.1) is 13.8 Å². The Morgan fingerprint density at radius 3 is 2.40 bits per heavy atom. The van der Waals surface area contributed by atoms with E-state index >= 15 is 0 Å². The summed E-state index contributed by atoms with van der Waals surface area (Å²) >= 11 is 5.57. The molecule has 2 N–H and O–H groups in total. The molecule has 0 radical (unpaired) electrons. The molecule has 1 heterocycles. The smallest absolute Gasteiger partial charge is 0.234 e. The van der Waals surface area contributed by atoms with Gasteiger partial charge in [0.1, 0.15) is 0 Å². The maximum Gasteiger partial charge on any atom is 0.234 e. The highest BCUT2D eigenvalue weighted by Gasteiger charge is 2.22. The van der Waals surface area contributed by atoms with Crippen LogP contribution in [0.2, 0.25) is 0 Å². The Kier molecular flexibility index (Phi) is 6.41. The van der Waals surface area contributed by atoms with E-state index < -0.39 is 0 Å². The summed E-state index contributed by atoms with van der Waals surface area (Å²) < 4.78 is 0. The van der Waals surface area contributed by atoms with Gasteiger partial charge in [0.2, 0.25) is 5.91 Å². The molecule has 0 aromatic heterocycles. The van der Waals surface area contributed by atoms with Gasteiger partial charge in [0, 0.05) is 37.4 Å². The average molecular weight is 363 g/mol. The first-order valence-electron chi connectivity index (χ1n) is 8.81. The van der Waals surface area contributed by atoms with Crippen molar-refractivity contribution in [2.45, 2.75) is 40.2 Å². The maximum atomic E-state index is 12.0. The second-order valence-electron chi connectivity index (χ2n) is 7.74. The Morgan fingerprint density at radius 2 is 1.80 bits per heavy atom. The van der Waals surface area contributed by atoms with E-state index in [9.17, 15) is 4.79 Å². The molecule has 1 saturated heterocycles. The van der Waals surface area contributed by atoms with Gasteiger partial charge in [-0.15, -0.1) is 0 Å². The van der Waals surface area contributed by atoms with E-state index in [0.717, 1.165) is 37.0 Å². The number of hydrogen-bond donors (Lipinski definition) is 2. The molecule has 1 aliphatic heterocycles. The normalized spacial score (nSPS) is 15.8. The lowest BCUT2D eigenvalue weighted by molar-refractivity contribution is -0.123. The number of anilines is 1. The Labute approximate surface area is 156 Å². The number of rotatable bonds is 3. The fraction of sp³-hybridized carbons (Fsp3) is 0.579. The van der Waals surface area contributed by atoms with Crippen LogP contribution in [0.15, 0.2) is 18.2 Å². The summed E-state index contributed by atoms with van der Waals surface area (Å²) in [5, 5.41) is 7.14. The van der Waals surface area contributed by atoms with E-state index in [-0.39, 0.29) is 11.4 Å². The van der Waals surface area contributed by atoms with Crippen LogP contribution in [0.4, 0.5) is 5.69 Å². The van der Waals surface area contributed by atoms with Crippen molar-refractivity contribution >= 4 is 28.9 Å². The van der Waals surface area contributed by atoms with Gasteiger partial charge in [-0.2, -0.15) is 0 Å². The van der Waals surface area contributed by atoms with Crippen LogP contribution in [0.5, 0.6) is 0 Å². The number of aryl methyl sites for hydroxylation is 1. The third kappa shape index (κ3) is 5.97. The van der Waals surface area contributed by atoms with E-state index in [1.807, 2.05) is 26.8 Å². The van der Waals surface area contributed by atoms with Gasteiger partial charge in [0.15, 0.2) is 5.11 Å². The summed E-state index contributed by atoms with van der Waals surface area (Å²) in [5.41, 5.74) is 3.36. The van der Waals surface area contributed by atoms with Crippen LogP contribution in [0.1, 0.15) is 31.9 Å². The van der Waals surface area contributed by atoms with Crippen molar-refractivity contribution < 1.29 is 4.79 Å². The molecular formula is C19H30N4OS. The zero-order valence-corrected chi connectivity index (χ0v) is 16.8. The Morgan fingerprint density at radius 1 is 1.16 bits per heavy atom. The van der Waals surface area contributed by atoms with Crippen LogP contribution >= 0.6 is 12.2 Å². The standard InChI is InChI=1S/C19H30N4OS/c1-14-7-6-8-16(15(14)2)20-18(25)23-11-9-22(10-12-23)13-17(24)21-19(3,4)5/h6-8H,9-13H2,1-5H3,(H,20,25)(H,21,24). The van der Waals surface area contributed by atoms with Gasteiger partial charge in [-0.3, -0.25) is 9.69 Å². The molecule has 5 nitrogen and oxygen atoms in total. The van der Waals surface area contributed by atoms with Crippen molar-refractivity contribution in [3.05, 3.63) is 29.3 Å². The number of nitrogens with one attached hydrogen (secondary N) is 2. The number of nitrogens with zero attached hydrogens (tertiary/aromatic N) is 2. The van der Waals surface area contributed by atoms with Gasteiger partial charge in [-0.25, -0.2) is 0 Å². The van der Waals surface area contributed by atoms with Crippen molar-refractivity contribution in [1.82, 2.24) is 15.1 Å². The highest BCUT2D eigenvalue weighted by molar-refractivity contribution is 7.80. The number of hydrogen-bond acceptors (Lipinski definition) is 3. The quantitative estimate of drug-likeness (QED) is 0.809. The van der Waals surface area contributed by atoms with Gasteiger partial charge in [0.05, 0.1) is 6.54 Å². The summed E-state index contributed by atoms with van der Waals surface area (Å²) in [6, 6.07) is 6.20. The number of benzene rings is 1. The summed E-state index contributed by atoms with van der Waals surface area (Å²) in [6.45, 7) is 14.0. The molecule has 6 heteroatoms. The molecule has 1 aliphatic rings. The monoisotopic (exact) mass is 362 g/mol. The molecule has 25 heavy (non-hydrogen) atoms. The van der Waals surface area contributed by atoms with E-state index in [4.69, 9.17) is 12.2 Å². The topological polar surface area (TPSA) is 47.6 Å². The molecular weight excluding hydrogens is 332 g/mol. The second kappa shape index (κ2) is 8.15. The van der Waals surface area contributed by atoms with Crippen LogP contribution in [0.25, 0.3) is 0 Å². The highest BCUT2D eigenvalue weighted by Crippen LogP contribution is 2.18. The lowest BCUT2D eigenvalue weighted by Gasteiger charge is -2.36. The van der Waals surface area contributed by atoms with E-state index in [1.54, 1.807) is 0 Å². The van der Waals surface area contributed by atoms with Crippen molar-refractivity contribution in [3.8, 4) is 0 Å². The molecule has 1 amide bonds. The van der Waals surface area contributed by atoms with Crippen LogP contribution in [-0.2, 0) is 4.79 Å². The summed E-state index contributed by atoms with van der Waals surface area (Å²) in [6.07, 6.45) is 0. The number of amides is 1. The van der Waals surface area contributed by atoms with Crippen molar-refractivity contribution in [1.29, 1.82) is 0 Å². The molecule has 138 valence electrons. The molecule has 0 bridgehead atoms. The lowest BCUT2D eigenvalue weighted by Crippen LogP contribution is -2.53. The number of carbonyl (C=O) groups is 1. The van der Waals surface area contributed by atoms with Crippen LogP contribution in [-0.4, -0.2) is 59.1 Å². The number of carbonyl (C=O) groups excluding carboxylic acids is 1. The Balaban J connectivity index is 1.82. The largest absolute Gasteiger partial charge is 0.350 e. The minimum Gasteiger partial charge on any atom is -0.350 e. The van der Waals surface area contributed by atoms with Crippen molar-refractivity contribution in [2.75, 3.05) is 38.0 Å². The first kappa shape index (κ1) is 19.7. The van der Waals surface area contributed by atoms with Crippen LogP contribution < -0.4 is 10.6 Å². The van der Waals surface area contributed by atoms with Gasteiger partial charge in [0.25, 0.3) is 0 Å². The number of piperazine rings is 1. The summed E-state index contributed by atoms with van der Waals surface area (Å²) in [5.74, 6) is 0.0806. The first-order chi connectivity index (χ1) is 11.7. The molecule has 1 aromatic carbocycles. The minimum atomic E-state index is -0.184. The number of thiocarbonyl (C=S) groups is 1. The predicted octanol–water partition coefficient (Wildman–Crippen LogP) is 2.53. The fourth-order valence-electron chi connectivity index (χ4n) is 2.85. The molecule has 1 aromatic rings.